The molecule has 0 saturated heterocycles. The van der Waals surface area contributed by atoms with Gasteiger partial charge in [0.25, 0.3) is 0 Å². The molecular weight excluding hydrogens is 286 g/mol. The maximum absolute atomic E-state index is 9.95. The molecule has 3 nitrogen and oxygen atoms in total. The Morgan fingerprint density at radius 2 is 1.61 bits per heavy atom. The molecule has 1 aliphatic carbocycles. The zero-order valence-electron chi connectivity index (χ0n) is 13.3. The van der Waals surface area contributed by atoms with Crippen LogP contribution in [0, 0.1) is 0 Å². The summed E-state index contributed by atoms with van der Waals surface area (Å²) in [5, 5.41) is 23.3. The first-order valence-corrected chi connectivity index (χ1v) is 8.59. The van der Waals surface area contributed by atoms with E-state index in [0.717, 1.165) is 30.6 Å². The SMILES string of the molecule is Oc1cc2c(cc1O)C(c1ccc3c(c1)CCCC3)CNCC2. The molecule has 2 aliphatic rings. The van der Waals surface area contributed by atoms with Gasteiger partial charge in [-0.2, -0.15) is 0 Å². The Kier molecular flexibility index (Phi) is 3.74. The number of hydrogen-bond donors (Lipinski definition) is 3. The number of phenols is 2. The second kappa shape index (κ2) is 5.89. The Morgan fingerprint density at radius 3 is 2.48 bits per heavy atom. The van der Waals surface area contributed by atoms with E-state index < -0.39 is 0 Å². The number of aromatic hydroxyl groups is 2. The van der Waals surface area contributed by atoms with E-state index in [1.165, 1.54) is 42.4 Å². The third-order valence-electron chi connectivity index (χ3n) is 5.31. The monoisotopic (exact) mass is 309 g/mol. The first kappa shape index (κ1) is 14.6. The molecule has 4 rings (SSSR count). The van der Waals surface area contributed by atoms with Crippen LogP contribution < -0.4 is 5.32 Å². The molecule has 0 fully saturated rings. The molecule has 0 amide bonds. The van der Waals surface area contributed by atoms with Gasteiger partial charge in [0.05, 0.1) is 0 Å². The first-order chi connectivity index (χ1) is 11.2. The summed E-state index contributed by atoms with van der Waals surface area (Å²) in [4.78, 5) is 0. The topological polar surface area (TPSA) is 52.5 Å². The molecule has 1 heterocycles. The minimum absolute atomic E-state index is 0.0187. The molecule has 23 heavy (non-hydrogen) atoms. The van der Waals surface area contributed by atoms with E-state index in [4.69, 9.17) is 0 Å². The fourth-order valence-corrected chi connectivity index (χ4v) is 4.02. The summed E-state index contributed by atoms with van der Waals surface area (Å²) in [5.41, 5.74) is 6.57. The normalized spacial score (nSPS) is 20.4. The molecule has 2 aromatic rings. The lowest BCUT2D eigenvalue weighted by Gasteiger charge is -2.22. The van der Waals surface area contributed by atoms with E-state index in [-0.39, 0.29) is 17.4 Å². The summed E-state index contributed by atoms with van der Waals surface area (Å²) in [6, 6.07) is 10.4. The lowest BCUT2D eigenvalue weighted by molar-refractivity contribution is 0.402. The minimum atomic E-state index is -0.0198. The number of rotatable bonds is 1. The van der Waals surface area contributed by atoms with Crippen molar-refractivity contribution in [1.82, 2.24) is 5.32 Å². The van der Waals surface area contributed by atoms with Crippen LogP contribution in [0.5, 0.6) is 11.5 Å². The Bertz CT molecular complexity index is 739. The van der Waals surface area contributed by atoms with Crippen LogP contribution in [0.4, 0.5) is 0 Å². The molecule has 0 bridgehead atoms. The number of hydrogen-bond acceptors (Lipinski definition) is 3. The highest BCUT2D eigenvalue weighted by Crippen LogP contribution is 2.37. The first-order valence-electron chi connectivity index (χ1n) is 8.59. The van der Waals surface area contributed by atoms with Gasteiger partial charge in [0, 0.05) is 12.5 Å². The second-order valence-corrected chi connectivity index (χ2v) is 6.78. The quantitative estimate of drug-likeness (QED) is 0.709. The lowest BCUT2D eigenvalue weighted by Crippen LogP contribution is -2.21. The molecule has 1 unspecified atom stereocenters. The van der Waals surface area contributed by atoms with E-state index in [1.54, 1.807) is 12.1 Å². The standard InChI is InChI=1S/C20H23NO2/c22-19-10-16-7-8-21-12-18(17(16)11-20(19)23)15-6-5-13-3-1-2-4-14(13)9-15/h5-6,9-11,18,21-23H,1-4,7-8,12H2. The molecule has 0 aromatic heterocycles. The van der Waals surface area contributed by atoms with Crippen molar-refractivity contribution in [3.8, 4) is 11.5 Å². The smallest absolute Gasteiger partial charge is 0.157 e. The average Bonchev–Trinajstić information content (AvgIpc) is 2.77. The fraction of sp³-hybridized carbons (Fsp3) is 0.400. The van der Waals surface area contributed by atoms with Crippen LogP contribution in [0.25, 0.3) is 0 Å². The summed E-state index contributed by atoms with van der Waals surface area (Å²) in [7, 11) is 0. The molecule has 3 heteroatoms. The van der Waals surface area contributed by atoms with Crippen LogP contribution in [0.15, 0.2) is 30.3 Å². The van der Waals surface area contributed by atoms with Crippen molar-refractivity contribution >= 4 is 0 Å². The van der Waals surface area contributed by atoms with E-state index in [2.05, 4.69) is 23.5 Å². The predicted molar refractivity (Wildman–Crippen MR) is 91.3 cm³/mol. The van der Waals surface area contributed by atoms with Crippen LogP contribution in [0.1, 0.15) is 46.6 Å². The van der Waals surface area contributed by atoms with Crippen molar-refractivity contribution in [1.29, 1.82) is 0 Å². The van der Waals surface area contributed by atoms with Crippen molar-refractivity contribution in [2.24, 2.45) is 0 Å². The zero-order chi connectivity index (χ0) is 15.8. The molecule has 1 atom stereocenters. The van der Waals surface area contributed by atoms with Crippen LogP contribution in [-0.4, -0.2) is 23.3 Å². The highest BCUT2D eigenvalue weighted by atomic mass is 16.3. The van der Waals surface area contributed by atoms with Gasteiger partial charge < -0.3 is 15.5 Å². The van der Waals surface area contributed by atoms with Crippen LogP contribution in [0.3, 0.4) is 0 Å². The predicted octanol–water partition coefficient (Wildman–Crippen LogP) is 3.25. The maximum Gasteiger partial charge on any atom is 0.157 e. The van der Waals surface area contributed by atoms with Crippen molar-refractivity contribution < 1.29 is 10.2 Å². The Morgan fingerprint density at radius 1 is 0.826 bits per heavy atom. The second-order valence-electron chi connectivity index (χ2n) is 6.78. The van der Waals surface area contributed by atoms with Gasteiger partial charge in [-0.15, -0.1) is 0 Å². The van der Waals surface area contributed by atoms with Gasteiger partial charge in [0.2, 0.25) is 0 Å². The molecule has 3 N–H and O–H groups in total. The molecule has 120 valence electrons. The van der Waals surface area contributed by atoms with Gasteiger partial charge in [-0.3, -0.25) is 0 Å². The van der Waals surface area contributed by atoms with E-state index in [0.29, 0.717) is 0 Å². The number of nitrogens with one attached hydrogen (secondary N) is 1. The maximum atomic E-state index is 9.95. The largest absolute Gasteiger partial charge is 0.504 e. The zero-order valence-corrected chi connectivity index (χ0v) is 13.3. The molecule has 0 spiro atoms. The van der Waals surface area contributed by atoms with Crippen LogP contribution >= 0.6 is 0 Å². The van der Waals surface area contributed by atoms with Crippen molar-refractivity contribution in [3.63, 3.8) is 0 Å². The van der Waals surface area contributed by atoms with Gasteiger partial charge in [-0.1, -0.05) is 18.2 Å². The van der Waals surface area contributed by atoms with E-state index in [9.17, 15) is 10.2 Å². The van der Waals surface area contributed by atoms with Gasteiger partial charge in [-0.25, -0.2) is 0 Å². The highest BCUT2D eigenvalue weighted by Gasteiger charge is 2.23. The Hall–Kier alpha value is -2.00. The van der Waals surface area contributed by atoms with Crippen molar-refractivity contribution in [2.75, 3.05) is 13.1 Å². The number of benzene rings is 2. The number of phenolic OH excluding ortho intramolecular Hbond substituents is 2. The van der Waals surface area contributed by atoms with Gasteiger partial charge in [0.1, 0.15) is 0 Å². The van der Waals surface area contributed by atoms with Crippen LogP contribution in [-0.2, 0) is 19.3 Å². The van der Waals surface area contributed by atoms with Gasteiger partial charge >= 0.3 is 0 Å². The molecular formula is C20H23NO2. The van der Waals surface area contributed by atoms with Gasteiger partial charge in [-0.05, 0) is 78.6 Å². The van der Waals surface area contributed by atoms with E-state index >= 15 is 0 Å². The number of fused-ring (bicyclic) bond motifs is 2. The lowest BCUT2D eigenvalue weighted by atomic mass is 9.83. The molecule has 0 radical (unpaired) electrons. The average molecular weight is 309 g/mol. The van der Waals surface area contributed by atoms with Crippen LogP contribution in [0.2, 0.25) is 0 Å². The van der Waals surface area contributed by atoms with Gasteiger partial charge in [0.15, 0.2) is 11.5 Å². The highest BCUT2D eigenvalue weighted by molar-refractivity contribution is 5.51. The summed E-state index contributed by atoms with van der Waals surface area (Å²) >= 11 is 0. The van der Waals surface area contributed by atoms with Crippen molar-refractivity contribution in [2.45, 2.75) is 38.0 Å². The fourth-order valence-electron chi connectivity index (χ4n) is 4.02. The molecule has 1 aliphatic heterocycles. The Labute approximate surface area is 137 Å². The van der Waals surface area contributed by atoms with Crippen molar-refractivity contribution in [3.05, 3.63) is 58.1 Å². The summed E-state index contributed by atoms with van der Waals surface area (Å²) in [6.07, 6.45) is 5.84. The minimum Gasteiger partial charge on any atom is -0.504 e. The Balaban J connectivity index is 1.78. The summed E-state index contributed by atoms with van der Waals surface area (Å²) < 4.78 is 0. The third kappa shape index (κ3) is 2.70. The number of aryl methyl sites for hydroxylation is 2. The molecule has 2 aromatic carbocycles. The molecule has 0 saturated carbocycles. The third-order valence-corrected chi connectivity index (χ3v) is 5.31. The van der Waals surface area contributed by atoms with E-state index in [1.807, 2.05) is 0 Å². The summed E-state index contributed by atoms with van der Waals surface area (Å²) in [6.45, 7) is 1.77. The summed E-state index contributed by atoms with van der Waals surface area (Å²) in [5.74, 6) is 0.190.